The van der Waals surface area contributed by atoms with Gasteiger partial charge in [-0.25, -0.2) is 0 Å². The SMILES string of the molecule is [B]C(=O)N1C2CC(C2)[C@@H](C)[C@H]1C[B]N. The zero-order valence-electron chi connectivity index (χ0n) is 8.52. The van der Waals surface area contributed by atoms with Crippen molar-refractivity contribution >= 4 is 21.1 Å². The minimum absolute atomic E-state index is 0.231. The van der Waals surface area contributed by atoms with E-state index in [1.165, 1.54) is 0 Å². The molecule has 5 heteroatoms. The third-order valence-electron chi connectivity index (χ3n) is 3.88. The summed E-state index contributed by atoms with van der Waals surface area (Å²) in [5, 5.41) is 0. The van der Waals surface area contributed by atoms with Gasteiger partial charge in [0.05, 0.1) is 0 Å². The molecule has 1 aliphatic carbocycles. The van der Waals surface area contributed by atoms with Crippen molar-refractivity contribution in [3.05, 3.63) is 0 Å². The Balaban J connectivity index is 2.13. The maximum atomic E-state index is 11.3. The number of rotatable bonds is 2. The fourth-order valence-electron chi connectivity index (χ4n) is 2.94. The average molecular weight is 189 g/mol. The van der Waals surface area contributed by atoms with Gasteiger partial charge < -0.3 is 10.5 Å². The van der Waals surface area contributed by atoms with Gasteiger partial charge in [0.2, 0.25) is 15.3 Å². The van der Waals surface area contributed by atoms with Crippen molar-refractivity contribution in [3.63, 3.8) is 0 Å². The fraction of sp³-hybridized carbons (Fsp3) is 0.889. The Hall–Kier alpha value is -0.440. The van der Waals surface area contributed by atoms with Crippen molar-refractivity contribution in [1.29, 1.82) is 0 Å². The maximum absolute atomic E-state index is 11.3. The van der Waals surface area contributed by atoms with Crippen molar-refractivity contribution in [1.82, 2.24) is 4.90 Å². The molecule has 2 aliphatic heterocycles. The van der Waals surface area contributed by atoms with E-state index in [4.69, 9.17) is 13.5 Å². The number of hydrogen-bond donors (Lipinski definition) is 1. The van der Waals surface area contributed by atoms with Crippen LogP contribution in [0.1, 0.15) is 19.8 Å². The minimum Gasteiger partial charge on any atom is -0.374 e. The fourth-order valence-corrected chi connectivity index (χ4v) is 2.94. The first-order valence-electron chi connectivity index (χ1n) is 5.26. The standard InChI is InChI=1S/C9H15B2N2O/c1-5-6-2-7(3-6)13(9(10)14)8(5)4-11-12/h5-8H,2-4,12H2,1H3/t5-,6?,7?,8-/m1/s1. The molecule has 0 aromatic heterocycles. The zero-order valence-corrected chi connectivity index (χ0v) is 8.52. The van der Waals surface area contributed by atoms with Crippen LogP contribution in [0.4, 0.5) is 4.79 Å². The van der Waals surface area contributed by atoms with Gasteiger partial charge in [0.15, 0.2) is 5.81 Å². The summed E-state index contributed by atoms with van der Waals surface area (Å²) in [5.74, 6) is 1.03. The van der Waals surface area contributed by atoms with Crippen molar-refractivity contribution in [3.8, 4) is 0 Å². The number of hydrogen-bond acceptors (Lipinski definition) is 2. The minimum atomic E-state index is -0.285. The molecule has 2 atom stereocenters. The molecular weight excluding hydrogens is 174 g/mol. The Morgan fingerprint density at radius 2 is 2.29 bits per heavy atom. The van der Waals surface area contributed by atoms with Gasteiger partial charge in [-0.2, -0.15) is 0 Å². The Bertz CT molecular complexity index is 243. The van der Waals surface area contributed by atoms with E-state index in [1.807, 2.05) is 4.90 Å². The lowest BCUT2D eigenvalue weighted by atomic mass is 9.61. The normalized spacial score (nSPS) is 40.3. The molecule has 2 saturated heterocycles. The molecule has 3 nitrogen and oxygen atoms in total. The van der Waals surface area contributed by atoms with Gasteiger partial charge in [0.1, 0.15) is 0 Å². The number of fused-ring (bicyclic) bond motifs is 2. The molecule has 2 N–H and O–H groups in total. The van der Waals surface area contributed by atoms with Gasteiger partial charge in [0, 0.05) is 12.1 Å². The van der Waals surface area contributed by atoms with Crippen LogP contribution in [0.2, 0.25) is 6.32 Å². The lowest BCUT2D eigenvalue weighted by molar-refractivity contribution is -0.0320. The van der Waals surface area contributed by atoms with E-state index < -0.39 is 0 Å². The first-order chi connectivity index (χ1) is 6.65. The van der Waals surface area contributed by atoms with Crippen LogP contribution >= 0.6 is 0 Å². The van der Waals surface area contributed by atoms with E-state index in [-0.39, 0.29) is 11.8 Å². The maximum Gasteiger partial charge on any atom is 0.204 e. The third-order valence-corrected chi connectivity index (χ3v) is 3.88. The largest absolute Gasteiger partial charge is 0.374 e. The van der Waals surface area contributed by atoms with Crippen molar-refractivity contribution < 1.29 is 4.79 Å². The number of carbonyl (C=O) groups is 1. The number of piperidine rings is 2. The van der Waals surface area contributed by atoms with Gasteiger partial charge in [0.25, 0.3) is 0 Å². The van der Waals surface area contributed by atoms with E-state index >= 15 is 0 Å². The van der Waals surface area contributed by atoms with Gasteiger partial charge >= 0.3 is 0 Å². The predicted octanol–water partition coefficient (Wildman–Crippen LogP) is 0.370. The van der Waals surface area contributed by atoms with Crippen LogP contribution in [0, 0.1) is 11.8 Å². The van der Waals surface area contributed by atoms with Crippen LogP contribution < -0.4 is 5.64 Å². The summed E-state index contributed by atoms with van der Waals surface area (Å²) >= 11 is 0. The van der Waals surface area contributed by atoms with E-state index in [0.29, 0.717) is 12.0 Å². The quantitative estimate of drug-likeness (QED) is 0.637. The summed E-state index contributed by atoms with van der Waals surface area (Å²) in [4.78, 5) is 13.2. The summed E-state index contributed by atoms with van der Waals surface area (Å²) < 4.78 is 0. The van der Waals surface area contributed by atoms with Crippen LogP contribution in [0.3, 0.4) is 0 Å². The van der Waals surface area contributed by atoms with Crippen molar-refractivity contribution in [2.24, 2.45) is 17.5 Å². The third kappa shape index (κ3) is 1.38. The Morgan fingerprint density at radius 3 is 2.79 bits per heavy atom. The molecule has 73 valence electrons. The van der Waals surface area contributed by atoms with Crippen molar-refractivity contribution in [2.45, 2.75) is 38.2 Å². The molecule has 0 aromatic carbocycles. The van der Waals surface area contributed by atoms with E-state index in [0.717, 1.165) is 25.1 Å². The Morgan fingerprint density at radius 1 is 1.64 bits per heavy atom. The number of nitrogens with zero attached hydrogens (tertiary/aromatic N) is 1. The summed E-state index contributed by atoms with van der Waals surface area (Å²) in [5.41, 5.74) is 5.44. The molecule has 2 heterocycles. The summed E-state index contributed by atoms with van der Waals surface area (Å²) in [6.45, 7) is 2.20. The first kappa shape index (κ1) is 10.1. The number of amides is 1. The summed E-state index contributed by atoms with van der Waals surface area (Å²) in [7, 11) is 7.04. The second-order valence-electron chi connectivity index (χ2n) is 4.53. The van der Waals surface area contributed by atoms with E-state index in [9.17, 15) is 4.79 Å². The Labute approximate surface area is 87.1 Å². The first-order valence-corrected chi connectivity index (χ1v) is 5.26. The highest BCUT2D eigenvalue weighted by Crippen LogP contribution is 2.47. The zero-order chi connectivity index (χ0) is 10.3. The van der Waals surface area contributed by atoms with Crippen LogP contribution in [0.15, 0.2) is 0 Å². The molecule has 14 heavy (non-hydrogen) atoms. The van der Waals surface area contributed by atoms with Gasteiger partial charge in [-0.15, -0.1) is 0 Å². The Kier molecular flexibility index (Phi) is 2.60. The molecule has 3 aliphatic rings. The molecule has 3 rings (SSSR count). The second kappa shape index (κ2) is 3.61. The average Bonchev–Trinajstić information content (AvgIpc) is 2.05. The van der Waals surface area contributed by atoms with E-state index in [1.54, 1.807) is 7.41 Å². The van der Waals surface area contributed by atoms with Crippen molar-refractivity contribution in [2.75, 3.05) is 0 Å². The molecule has 0 spiro atoms. The molecule has 1 amide bonds. The number of carbonyl (C=O) groups excluding carboxylic acids is 1. The number of nitrogens with two attached hydrogens (primary N) is 1. The topological polar surface area (TPSA) is 46.3 Å². The van der Waals surface area contributed by atoms with Crippen LogP contribution in [-0.2, 0) is 0 Å². The molecule has 1 saturated carbocycles. The molecule has 3 radical (unpaired) electrons. The van der Waals surface area contributed by atoms with Crippen LogP contribution in [0.5, 0.6) is 0 Å². The molecule has 3 fully saturated rings. The van der Waals surface area contributed by atoms with Gasteiger partial charge in [-0.3, -0.25) is 4.79 Å². The lowest BCUT2D eigenvalue weighted by Crippen LogP contribution is -2.63. The predicted molar refractivity (Wildman–Crippen MR) is 57.2 cm³/mol. The monoisotopic (exact) mass is 189 g/mol. The van der Waals surface area contributed by atoms with Gasteiger partial charge in [-0.1, -0.05) is 6.92 Å². The summed E-state index contributed by atoms with van der Waals surface area (Å²) in [6.07, 6.45) is 3.02. The highest BCUT2D eigenvalue weighted by atomic mass is 16.2. The molecule has 2 bridgehead atoms. The smallest absolute Gasteiger partial charge is 0.204 e. The highest BCUT2D eigenvalue weighted by Gasteiger charge is 2.48. The van der Waals surface area contributed by atoms with E-state index in [2.05, 4.69) is 6.92 Å². The second-order valence-corrected chi connectivity index (χ2v) is 4.53. The molecular formula is C9H15B2N2O. The lowest BCUT2D eigenvalue weighted by Gasteiger charge is -2.57. The van der Waals surface area contributed by atoms with Crippen LogP contribution in [0.25, 0.3) is 0 Å². The summed E-state index contributed by atoms with van der Waals surface area (Å²) in [6, 6.07) is 0.619. The van der Waals surface area contributed by atoms with Crippen LogP contribution in [-0.4, -0.2) is 38.1 Å². The molecule has 0 unspecified atom stereocenters. The highest BCUT2D eigenvalue weighted by molar-refractivity contribution is 6.57. The molecule has 0 aromatic rings. The van der Waals surface area contributed by atoms with Gasteiger partial charge in [-0.05, 0) is 31.0 Å².